The summed E-state index contributed by atoms with van der Waals surface area (Å²) in [5.74, 6) is 0.795. The third-order valence-corrected chi connectivity index (χ3v) is 5.83. The summed E-state index contributed by atoms with van der Waals surface area (Å²) < 4.78 is 0. The van der Waals surface area contributed by atoms with Crippen LogP contribution < -0.4 is 0 Å². The zero-order chi connectivity index (χ0) is 11.4. The molecule has 2 rings (SSSR count). The van der Waals surface area contributed by atoms with Crippen molar-refractivity contribution in [3.05, 3.63) is 0 Å². The lowest BCUT2D eigenvalue weighted by atomic mass is 9.52. The molecule has 5 atom stereocenters. The van der Waals surface area contributed by atoms with Crippen molar-refractivity contribution in [3.8, 4) is 0 Å². The molecule has 2 aliphatic carbocycles. The SMILES string of the molecule is C[C@H]1C(=O)C[C@@]2(C)[C@@H](C)[C@@H](O)CC[C@@]12C. The number of carbonyl (C=O) groups is 1. The molecule has 86 valence electrons. The first-order chi connectivity index (χ1) is 6.83. The topological polar surface area (TPSA) is 37.3 Å². The molecule has 2 aliphatic rings. The van der Waals surface area contributed by atoms with Gasteiger partial charge in [0.05, 0.1) is 6.10 Å². The van der Waals surface area contributed by atoms with E-state index < -0.39 is 0 Å². The maximum absolute atomic E-state index is 11.9. The molecule has 0 radical (unpaired) electrons. The first-order valence-corrected chi connectivity index (χ1v) is 6.04. The summed E-state index contributed by atoms with van der Waals surface area (Å²) in [5.41, 5.74) is 0.101. The van der Waals surface area contributed by atoms with Gasteiger partial charge in [-0.05, 0) is 29.6 Å². The van der Waals surface area contributed by atoms with Crippen LogP contribution >= 0.6 is 0 Å². The Kier molecular flexibility index (Phi) is 2.27. The Hall–Kier alpha value is -0.370. The molecule has 0 aromatic heterocycles. The third-order valence-electron chi connectivity index (χ3n) is 5.83. The average molecular weight is 210 g/mol. The smallest absolute Gasteiger partial charge is 0.136 e. The first-order valence-electron chi connectivity index (χ1n) is 6.04. The molecule has 0 unspecified atom stereocenters. The van der Waals surface area contributed by atoms with Crippen molar-refractivity contribution in [1.82, 2.24) is 0 Å². The van der Waals surface area contributed by atoms with Crippen molar-refractivity contribution in [2.45, 2.75) is 53.1 Å². The second-order valence-corrected chi connectivity index (χ2v) is 6.09. The van der Waals surface area contributed by atoms with Crippen LogP contribution in [0.25, 0.3) is 0 Å². The van der Waals surface area contributed by atoms with Crippen LogP contribution in [0, 0.1) is 22.7 Å². The Morgan fingerprint density at radius 2 is 1.87 bits per heavy atom. The number of Topliss-reactive ketones (excluding diaryl/α,β-unsaturated/α-hetero) is 1. The van der Waals surface area contributed by atoms with Gasteiger partial charge in [0, 0.05) is 12.3 Å². The minimum absolute atomic E-state index is 0.00116. The van der Waals surface area contributed by atoms with E-state index in [2.05, 4.69) is 27.7 Å². The van der Waals surface area contributed by atoms with E-state index in [1.165, 1.54) is 0 Å². The number of fused-ring (bicyclic) bond motifs is 1. The average Bonchev–Trinajstić information content (AvgIpc) is 2.36. The number of hydrogen-bond donors (Lipinski definition) is 1. The van der Waals surface area contributed by atoms with Gasteiger partial charge in [0.15, 0.2) is 0 Å². The van der Waals surface area contributed by atoms with Gasteiger partial charge in [-0.1, -0.05) is 27.7 Å². The lowest BCUT2D eigenvalue weighted by Gasteiger charge is -2.52. The second-order valence-electron chi connectivity index (χ2n) is 6.09. The molecule has 1 N–H and O–H groups in total. The number of aliphatic hydroxyl groups is 1. The standard InChI is InChI=1S/C13H22O2/c1-8-10(14)5-6-12(3)9(2)11(15)7-13(8,12)4/h8-10,14H,5-7H2,1-4H3/t8-,9-,10-,12-,13-/m0/s1. The molecule has 15 heavy (non-hydrogen) atoms. The lowest BCUT2D eigenvalue weighted by Crippen LogP contribution is -2.49. The van der Waals surface area contributed by atoms with Crippen LogP contribution in [-0.4, -0.2) is 17.0 Å². The van der Waals surface area contributed by atoms with Crippen molar-refractivity contribution in [2.24, 2.45) is 22.7 Å². The molecule has 0 bridgehead atoms. The van der Waals surface area contributed by atoms with E-state index in [4.69, 9.17) is 0 Å². The molecule has 0 aromatic rings. The number of aliphatic hydroxyl groups excluding tert-OH is 1. The maximum Gasteiger partial charge on any atom is 0.136 e. The van der Waals surface area contributed by atoms with Crippen molar-refractivity contribution < 1.29 is 9.90 Å². The molecular weight excluding hydrogens is 188 g/mol. The van der Waals surface area contributed by atoms with E-state index >= 15 is 0 Å². The quantitative estimate of drug-likeness (QED) is 0.666. The fraction of sp³-hybridized carbons (Fsp3) is 0.923. The normalized spacial score (nSPS) is 55.5. The van der Waals surface area contributed by atoms with Gasteiger partial charge in [-0.2, -0.15) is 0 Å². The van der Waals surface area contributed by atoms with Gasteiger partial charge in [-0.25, -0.2) is 0 Å². The highest BCUT2D eigenvalue weighted by atomic mass is 16.3. The monoisotopic (exact) mass is 210 g/mol. The highest BCUT2D eigenvalue weighted by molar-refractivity contribution is 5.85. The highest BCUT2D eigenvalue weighted by Gasteiger charge is 2.61. The molecule has 2 heteroatoms. The van der Waals surface area contributed by atoms with Crippen LogP contribution in [0.5, 0.6) is 0 Å². The summed E-state index contributed by atoms with van der Waals surface area (Å²) in [7, 11) is 0. The van der Waals surface area contributed by atoms with Gasteiger partial charge < -0.3 is 5.11 Å². The Balaban J connectivity index is 2.43. The summed E-state index contributed by atoms with van der Waals surface area (Å²) in [6, 6.07) is 0. The van der Waals surface area contributed by atoms with Crippen LogP contribution in [0.3, 0.4) is 0 Å². The molecule has 0 aromatic carbocycles. The predicted octanol–water partition coefficient (Wildman–Crippen LogP) is 2.40. The zero-order valence-corrected chi connectivity index (χ0v) is 10.2. The summed E-state index contributed by atoms with van der Waals surface area (Å²) in [6.45, 7) is 8.61. The van der Waals surface area contributed by atoms with Gasteiger partial charge >= 0.3 is 0 Å². The molecule has 0 aliphatic heterocycles. The van der Waals surface area contributed by atoms with Crippen molar-refractivity contribution in [1.29, 1.82) is 0 Å². The van der Waals surface area contributed by atoms with E-state index in [-0.39, 0.29) is 28.8 Å². The molecule has 2 saturated carbocycles. The van der Waals surface area contributed by atoms with Crippen LogP contribution in [0.15, 0.2) is 0 Å². The van der Waals surface area contributed by atoms with Gasteiger partial charge in [0.2, 0.25) is 0 Å². The molecule has 0 heterocycles. The minimum Gasteiger partial charge on any atom is -0.393 e. The van der Waals surface area contributed by atoms with E-state index in [1.54, 1.807) is 0 Å². The maximum atomic E-state index is 11.9. The fourth-order valence-corrected chi connectivity index (χ4v) is 3.87. The summed E-state index contributed by atoms with van der Waals surface area (Å²) in [5, 5.41) is 9.97. The number of carbonyl (C=O) groups excluding carboxylic acids is 1. The Labute approximate surface area is 92.1 Å². The lowest BCUT2D eigenvalue weighted by molar-refractivity contribution is -0.121. The largest absolute Gasteiger partial charge is 0.393 e. The van der Waals surface area contributed by atoms with Crippen LogP contribution in [0.4, 0.5) is 0 Å². The summed E-state index contributed by atoms with van der Waals surface area (Å²) in [4.78, 5) is 11.9. The number of hydrogen-bond acceptors (Lipinski definition) is 2. The Morgan fingerprint density at radius 1 is 1.27 bits per heavy atom. The van der Waals surface area contributed by atoms with Crippen molar-refractivity contribution in [2.75, 3.05) is 0 Å². The van der Waals surface area contributed by atoms with Crippen molar-refractivity contribution >= 4 is 5.78 Å². The molecule has 0 spiro atoms. The zero-order valence-electron chi connectivity index (χ0n) is 10.2. The van der Waals surface area contributed by atoms with Gasteiger partial charge in [0.25, 0.3) is 0 Å². The van der Waals surface area contributed by atoms with Crippen LogP contribution in [-0.2, 0) is 4.79 Å². The minimum atomic E-state index is -0.221. The molecule has 2 nitrogen and oxygen atoms in total. The highest BCUT2D eigenvalue weighted by Crippen LogP contribution is 2.63. The van der Waals surface area contributed by atoms with Gasteiger partial charge in [-0.3, -0.25) is 4.79 Å². The summed E-state index contributed by atoms with van der Waals surface area (Å²) >= 11 is 0. The number of rotatable bonds is 0. The summed E-state index contributed by atoms with van der Waals surface area (Å²) in [6.07, 6.45) is 2.27. The van der Waals surface area contributed by atoms with Gasteiger partial charge in [0.1, 0.15) is 5.78 Å². The van der Waals surface area contributed by atoms with E-state index in [1.807, 2.05) is 0 Å². The second kappa shape index (κ2) is 3.07. The van der Waals surface area contributed by atoms with E-state index in [0.29, 0.717) is 12.2 Å². The molecule has 2 fully saturated rings. The van der Waals surface area contributed by atoms with Gasteiger partial charge in [-0.15, -0.1) is 0 Å². The van der Waals surface area contributed by atoms with Crippen molar-refractivity contribution in [3.63, 3.8) is 0 Å². The Bertz CT molecular complexity index is 299. The Morgan fingerprint density at radius 3 is 2.47 bits per heavy atom. The predicted molar refractivity (Wildman–Crippen MR) is 59.4 cm³/mol. The third kappa shape index (κ3) is 1.17. The van der Waals surface area contributed by atoms with Crippen LogP contribution in [0.2, 0.25) is 0 Å². The van der Waals surface area contributed by atoms with Crippen LogP contribution in [0.1, 0.15) is 47.0 Å². The first kappa shape index (κ1) is 11.1. The fourth-order valence-electron chi connectivity index (χ4n) is 3.87. The molecule has 0 amide bonds. The molecular formula is C13H22O2. The van der Waals surface area contributed by atoms with E-state index in [0.717, 1.165) is 12.8 Å². The number of ketones is 1. The van der Waals surface area contributed by atoms with E-state index in [9.17, 15) is 9.90 Å². The molecule has 0 saturated heterocycles.